The van der Waals surface area contributed by atoms with E-state index in [2.05, 4.69) is 4.98 Å². The van der Waals surface area contributed by atoms with E-state index < -0.39 is 10.0 Å². The molecule has 1 aliphatic rings. The highest BCUT2D eigenvalue weighted by molar-refractivity contribution is 7.89. The smallest absolute Gasteiger partial charge is 0.305 e. The monoisotopic (exact) mass is 489 g/mol. The predicted octanol–water partition coefficient (Wildman–Crippen LogP) is 2.15. The molecule has 0 spiro atoms. The van der Waals surface area contributed by atoms with Gasteiger partial charge in [0.15, 0.2) is 11.5 Å². The van der Waals surface area contributed by atoms with Crippen LogP contribution in [-0.4, -0.2) is 68.9 Å². The number of carbonyl (C=O) groups is 1. The van der Waals surface area contributed by atoms with Gasteiger partial charge in [0.1, 0.15) is 0 Å². The summed E-state index contributed by atoms with van der Waals surface area (Å²) in [5.41, 5.74) is 1.39. The number of hydrogen-bond acceptors (Lipinski definition) is 7. The third-order valence-electron chi connectivity index (χ3n) is 5.41. The molecule has 0 unspecified atom stereocenters. The molecule has 1 fully saturated rings. The molecular weight excluding hydrogens is 466 g/mol. The van der Waals surface area contributed by atoms with Crippen LogP contribution in [0.25, 0.3) is 16.3 Å². The molecule has 11 heteroatoms. The number of amides is 1. The second kappa shape index (κ2) is 9.38. The number of ether oxygens (including phenoxy) is 2. The van der Waals surface area contributed by atoms with Gasteiger partial charge in [0.05, 0.1) is 29.3 Å². The van der Waals surface area contributed by atoms with E-state index in [1.54, 1.807) is 43.4 Å². The fourth-order valence-electron chi connectivity index (χ4n) is 3.61. The number of nitrogens with one attached hydrogen (secondary N) is 1. The van der Waals surface area contributed by atoms with Gasteiger partial charge in [0.2, 0.25) is 15.9 Å². The molecule has 0 atom stereocenters. The minimum atomic E-state index is -3.72. The molecule has 9 nitrogen and oxygen atoms in total. The van der Waals surface area contributed by atoms with Crippen LogP contribution in [0.3, 0.4) is 0 Å². The SMILES string of the molecule is COc1ccc(C=CC(=O)N2CCN(S(=O)(=O)c3ccc4[nH]c(=O)sc4c3)CC2)cc1OC. The number of H-pyrrole nitrogens is 1. The molecule has 3 aromatic rings. The molecular formula is C22H23N3O6S2. The minimum absolute atomic E-state index is 0.137. The number of nitrogens with zero attached hydrogens (tertiary/aromatic N) is 2. The Kier molecular flexibility index (Phi) is 6.54. The number of fused-ring (bicyclic) bond motifs is 1. The van der Waals surface area contributed by atoms with Gasteiger partial charge in [-0.2, -0.15) is 4.31 Å². The summed E-state index contributed by atoms with van der Waals surface area (Å²) in [6.45, 7) is 0.960. The van der Waals surface area contributed by atoms with Crippen LogP contribution >= 0.6 is 11.3 Å². The maximum Gasteiger partial charge on any atom is 0.305 e. The molecule has 2 heterocycles. The highest BCUT2D eigenvalue weighted by Crippen LogP contribution is 2.28. The van der Waals surface area contributed by atoms with Gasteiger partial charge in [0, 0.05) is 32.3 Å². The molecule has 1 N–H and O–H groups in total. The first-order valence-corrected chi connectivity index (χ1v) is 12.4. The standard InChI is InChI=1S/C22H23N3O6S2/c1-30-18-7-3-15(13-19(18)31-2)4-8-21(26)24-9-11-25(12-10-24)33(28,29)16-5-6-17-20(14-16)32-22(27)23-17/h3-8,13-14H,9-12H2,1-2H3,(H,23,27). The van der Waals surface area contributed by atoms with Crippen molar-refractivity contribution < 1.29 is 22.7 Å². The molecule has 1 amide bonds. The number of sulfonamides is 1. The molecule has 0 saturated carbocycles. The maximum atomic E-state index is 13.0. The van der Waals surface area contributed by atoms with Gasteiger partial charge in [-0.15, -0.1) is 0 Å². The average Bonchev–Trinajstić information content (AvgIpc) is 3.21. The Morgan fingerprint density at radius 2 is 1.76 bits per heavy atom. The van der Waals surface area contributed by atoms with Crippen molar-refractivity contribution in [1.82, 2.24) is 14.2 Å². The molecule has 4 rings (SSSR count). The molecule has 0 bridgehead atoms. The van der Waals surface area contributed by atoms with E-state index in [1.807, 2.05) is 6.07 Å². The topological polar surface area (TPSA) is 109 Å². The molecule has 174 valence electrons. The minimum Gasteiger partial charge on any atom is -0.493 e. The van der Waals surface area contributed by atoms with Gasteiger partial charge in [-0.05, 0) is 42.0 Å². The Bertz CT molecular complexity index is 1370. The van der Waals surface area contributed by atoms with E-state index in [0.29, 0.717) is 21.7 Å². The Morgan fingerprint density at radius 1 is 1.03 bits per heavy atom. The van der Waals surface area contributed by atoms with E-state index in [0.717, 1.165) is 16.9 Å². The predicted molar refractivity (Wildman–Crippen MR) is 126 cm³/mol. The van der Waals surface area contributed by atoms with Crippen molar-refractivity contribution in [2.45, 2.75) is 4.90 Å². The average molecular weight is 490 g/mol. The van der Waals surface area contributed by atoms with Crippen LogP contribution in [-0.2, 0) is 14.8 Å². The zero-order valence-electron chi connectivity index (χ0n) is 18.1. The van der Waals surface area contributed by atoms with Crippen molar-refractivity contribution in [3.8, 4) is 11.5 Å². The van der Waals surface area contributed by atoms with Crippen LogP contribution in [0.1, 0.15) is 5.56 Å². The summed E-state index contributed by atoms with van der Waals surface area (Å²) >= 11 is 0.972. The van der Waals surface area contributed by atoms with Gasteiger partial charge in [-0.25, -0.2) is 8.42 Å². The van der Waals surface area contributed by atoms with E-state index in [4.69, 9.17) is 9.47 Å². The molecule has 1 aliphatic heterocycles. The summed E-state index contributed by atoms with van der Waals surface area (Å²) in [6, 6.07) is 9.94. The number of benzene rings is 2. The normalized spacial score (nSPS) is 15.3. The first-order valence-electron chi connectivity index (χ1n) is 10.1. The Labute approximate surface area is 194 Å². The lowest BCUT2D eigenvalue weighted by molar-refractivity contribution is -0.127. The number of aromatic amines is 1. The van der Waals surface area contributed by atoms with Crippen LogP contribution in [0, 0.1) is 0 Å². The highest BCUT2D eigenvalue weighted by Gasteiger charge is 2.30. The number of carbonyl (C=O) groups excluding carboxylic acids is 1. The maximum absolute atomic E-state index is 13.0. The lowest BCUT2D eigenvalue weighted by atomic mass is 10.2. The van der Waals surface area contributed by atoms with Crippen LogP contribution in [0.4, 0.5) is 0 Å². The summed E-state index contributed by atoms with van der Waals surface area (Å²) in [4.78, 5) is 28.3. The molecule has 33 heavy (non-hydrogen) atoms. The summed E-state index contributed by atoms with van der Waals surface area (Å²) in [5.74, 6) is 0.972. The second-order valence-corrected chi connectivity index (χ2v) is 10.3. The number of aromatic nitrogens is 1. The number of thiazole rings is 1. The summed E-state index contributed by atoms with van der Waals surface area (Å²) in [6.07, 6.45) is 3.15. The van der Waals surface area contributed by atoms with E-state index in [9.17, 15) is 18.0 Å². The summed E-state index contributed by atoms with van der Waals surface area (Å²) in [7, 11) is -0.623. The van der Waals surface area contributed by atoms with Crippen LogP contribution < -0.4 is 14.3 Å². The number of hydrogen-bond donors (Lipinski definition) is 1. The van der Waals surface area contributed by atoms with E-state index >= 15 is 0 Å². The molecule has 1 aromatic heterocycles. The fourth-order valence-corrected chi connectivity index (χ4v) is 5.91. The van der Waals surface area contributed by atoms with E-state index in [-0.39, 0.29) is 41.9 Å². The van der Waals surface area contributed by atoms with E-state index in [1.165, 1.54) is 22.5 Å². The number of rotatable bonds is 6. The van der Waals surface area contributed by atoms with Gasteiger partial charge >= 0.3 is 4.87 Å². The quantitative estimate of drug-likeness (QED) is 0.532. The molecule has 0 radical (unpaired) electrons. The Morgan fingerprint density at radius 3 is 2.45 bits per heavy atom. The molecule has 1 saturated heterocycles. The van der Waals surface area contributed by atoms with Crippen molar-refractivity contribution >= 4 is 43.6 Å². The number of methoxy groups -OCH3 is 2. The van der Waals surface area contributed by atoms with Crippen LogP contribution in [0.2, 0.25) is 0 Å². The van der Waals surface area contributed by atoms with Crippen molar-refractivity contribution in [3.05, 3.63) is 57.7 Å². The van der Waals surface area contributed by atoms with Gasteiger partial charge in [-0.3, -0.25) is 9.59 Å². The number of piperazine rings is 1. The Balaban J connectivity index is 1.40. The molecule has 2 aromatic carbocycles. The zero-order chi connectivity index (χ0) is 23.6. The molecule has 0 aliphatic carbocycles. The summed E-state index contributed by atoms with van der Waals surface area (Å²) in [5, 5.41) is 0. The lowest BCUT2D eigenvalue weighted by Crippen LogP contribution is -2.50. The van der Waals surface area contributed by atoms with Crippen molar-refractivity contribution in [2.24, 2.45) is 0 Å². The van der Waals surface area contributed by atoms with Crippen molar-refractivity contribution in [3.63, 3.8) is 0 Å². The first-order chi connectivity index (χ1) is 15.8. The van der Waals surface area contributed by atoms with Crippen LogP contribution in [0.5, 0.6) is 11.5 Å². The van der Waals surface area contributed by atoms with Crippen molar-refractivity contribution in [2.75, 3.05) is 40.4 Å². The Hall–Kier alpha value is -3.15. The second-order valence-electron chi connectivity index (χ2n) is 7.35. The fraction of sp³-hybridized carbons (Fsp3) is 0.273. The third kappa shape index (κ3) is 4.80. The van der Waals surface area contributed by atoms with Crippen LogP contribution in [0.15, 0.2) is 52.2 Å². The van der Waals surface area contributed by atoms with Gasteiger partial charge in [-0.1, -0.05) is 17.4 Å². The highest BCUT2D eigenvalue weighted by atomic mass is 32.2. The first kappa shape index (κ1) is 23.0. The lowest BCUT2D eigenvalue weighted by Gasteiger charge is -2.33. The summed E-state index contributed by atoms with van der Waals surface area (Å²) < 4.78 is 38.5. The zero-order valence-corrected chi connectivity index (χ0v) is 19.7. The van der Waals surface area contributed by atoms with Gasteiger partial charge in [0.25, 0.3) is 0 Å². The van der Waals surface area contributed by atoms with Crippen molar-refractivity contribution in [1.29, 1.82) is 0 Å². The van der Waals surface area contributed by atoms with Gasteiger partial charge < -0.3 is 19.4 Å². The largest absolute Gasteiger partial charge is 0.493 e. The third-order valence-corrected chi connectivity index (χ3v) is 8.15.